The Morgan fingerprint density at radius 1 is 0.885 bits per heavy atom. The summed E-state index contributed by atoms with van der Waals surface area (Å²) in [6, 6.07) is 15.4. The maximum Gasteiger partial charge on any atom is 0.0558 e. The Morgan fingerprint density at radius 3 is 2.58 bits per heavy atom. The fourth-order valence-electron chi connectivity index (χ4n) is 4.00. The molecule has 0 radical (unpaired) electrons. The van der Waals surface area contributed by atoms with Gasteiger partial charge < -0.3 is 14.5 Å². The van der Waals surface area contributed by atoms with E-state index < -0.39 is 0 Å². The van der Waals surface area contributed by atoms with Crippen molar-refractivity contribution in [2.75, 3.05) is 0 Å². The van der Waals surface area contributed by atoms with Gasteiger partial charge in [0.05, 0.1) is 5.52 Å². The zero-order valence-electron chi connectivity index (χ0n) is 15.0. The summed E-state index contributed by atoms with van der Waals surface area (Å²) in [5.41, 5.74) is 8.78. The average molecular weight is 339 g/mol. The quantitative estimate of drug-likeness (QED) is 0.411. The van der Waals surface area contributed by atoms with Crippen molar-refractivity contribution in [3.05, 3.63) is 72.8 Å². The van der Waals surface area contributed by atoms with E-state index in [1.54, 1.807) is 0 Å². The second-order valence-corrected chi connectivity index (χ2v) is 6.89. The van der Waals surface area contributed by atoms with E-state index in [0.717, 1.165) is 6.42 Å². The minimum absolute atomic E-state index is 1.05. The lowest BCUT2D eigenvalue weighted by Crippen LogP contribution is -1.88. The highest BCUT2D eigenvalue weighted by Gasteiger charge is 2.15. The predicted molar refractivity (Wildman–Crippen MR) is 109 cm³/mol. The molecule has 3 heteroatoms. The third-order valence-corrected chi connectivity index (χ3v) is 5.38. The molecule has 128 valence electrons. The first-order valence-corrected chi connectivity index (χ1v) is 9.08. The van der Waals surface area contributed by atoms with E-state index in [4.69, 9.17) is 0 Å². The zero-order valence-corrected chi connectivity index (χ0v) is 15.0. The number of aromatic nitrogens is 3. The number of fused-ring (bicyclic) bond motifs is 2. The molecule has 5 aromatic rings. The number of para-hydroxylation sites is 1. The van der Waals surface area contributed by atoms with E-state index in [-0.39, 0.29) is 0 Å². The van der Waals surface area contributed by atoms with E-state index in [1.807, 2.05) is 0 Å². The number of H-pyrrole nitrogens is 2. The molecule has 0 saturated carbocycles. The first-order chi connectivity index (χ1) is 12.8. The third kappa shape index (κ3) is 2.14. The van der Waals surface area contributed by atoms with Crippen molar-refractivity contribution < 1.29 is 0 Å². The number of hydrogen-bond acceptors (Lipinski definition) is 0. The van der Waals surface area contributed by atoms with E-state index in [0.29, 0.717) is 0 Å². The minimum Gasteiger partial charge on any atom is -0.366 e. The molecule has 0 aliphatic carbocycles. The van der Waals surface area contributed by atoms with Gasteiger partial charge in [-0.25, -0.2) is 0 Å². The van der Waals surface area contributed by atoms with Crippen LogP contribution >= 0.6 is 0 Å². The van der Waals surface area contributed by atoms with Crippen LogP contribution in [-0.2, 0) is 13.5 Å². The van der Waals surface area contributed by atoms with Crippen molar-refractivity contribution in [2.24, 2.45) is 7.05 Å². The molecule has 0 bridgehead atoms. The lowest BCUT2D eigenvalue weighted by atomic mass is 9.97. The Labute approximate surface area is 152 Å². The van der Waals surface area contributed by atoms with Gasteiger partial charge in [0.2, 0.25) is 0 Å². The minimum atomic E-state index is 1.05. The molecular formula is C23H21N3. The van der Waals surface area contributed by atoms with Crippen molar-refractivity contribution in [3.63, 3.8) is 0 Å². The standard InChI is InChI=1S/C23H21N3/c1-3-15-7-8-17-21(14-25-22(17)11-15)20-13-24-12-19(20)18-6-4-5-16-9-10-26(2)23(16)18/h4-14,24-25H,3H2,1-2H3. The number of nitrogens with zero attached hydrogens (tertiary/aromatic N) is 1. The fraction of sp³-hybridized carbons (Fsp3) is 0.130. The maximum absolute atomic E-state index is 3.45. The van der Waals surface area contributed by atoms with Gasteiger partial charge in [0.25, 0.3) is 0 Å². The van der Waals surface area contributed by atoms with Gasteiger partial charge in [-0.05, 0) is 24.1 Å². The molecule has 0 atom stereocenters. The average Bonchev–Trinajstić information content (AvgIpc) is 3.39. The highest BCUT2D eigenvalue weighted by atomic mass is 14.9. The summed E-state index contributed by atoms with van der Waals surface area (Å²) in [6.45, 7) is 2.19. The maximum atomic E-state index is 3.45. The van der Waals surface area contributed by atoms with E-state index in [2.05, 4.69) is 95.8 Å². The fourth-order valence-corrected chi connectivity index (χ4v) is 4.00. The van der Waals surface area contributed by atoms with Gasteiger partial charge in [0.1, 0.15) is 0 Å². The molecule has 0 unspecified atom stereocenters. The summed E-state index contributed by atoms with van der Waals surface area (Å²) in [5, 5.41) is 2.53. The Morgan fingerprint density at radius 2 is 1.73 bits per heavy atom. The number of aromatic amines is 2. The lowest BCUT2D eigenvalue weighted by Gasteiger charge is -2.08. The largest absolute Gasteiger partial charge is 0.366 e. The first-order valence-electron chi connectivity index (χ1n) is 9.08. The Hall–Kier alpha value is -3.20. The summed E-state index contributed by atoms with van der Waals surface area (Å²) >= 11 is 0. The molecule has 0 aliphatic heterocycles. The number of rotatable bonds is 3. The van der Waals surface area contributed by atoms with Gasteiger partial charge in [-0.3, -0.25) is 0 Å². The highest BCUT2D eigenvalue weighted by molar-refractivity contribution is 6.04. The normalized spacial score (nSPS) is 11.6. The van der Waals surface area contributed by atoms with E-state index in [1.165, 1.54) is 49.6 Å². The second-order valence-electron chi connectivity index (χ2n) is 6.89. The molecule has 3 nitrogen and oxygen atoms in total. The summed E-state index contributed by atoms with van der Waals surface area (Å²) in [7, 11) is 2.11. The molecule has 5 rings (SSSR count). The van der Waals surface area contributed by atoms with Gasteiger partial charge in [0.15, 0.2) is 0 Å². The molecule has 0 aliphatic rings. The monoisotopic (exact) mass is 339 g/mol. The zero-order chi connectivity index (χ0) is 17.7. The van der Waals surface area contributed by atoms with Gasteiger partial charge in [-0.1, -0.05) is 37.3 Å². The van der Waals surface area contributed by atoms with Crippen LogP contribution in [0.15, 0.2) is 67.3 Å². The van der Waals surface area contributed by atoms with Crippen molar-refractivity contribution in [1.82, 2.24) is 14.5 Å². The lowest BCUT2D eigenvalue weighted by molar-refractivity contribution is 0.970. The Kier molecular flexibility index (Phi) is 3.29. The summed E-state index contributed by atoms with van der Waals surface area (Å²) < 4.78 is 2.20. The smallest absolute Gasteiger partial charge is 0.0558 e. The number of benzene rings is 2. The van der Waals surface area contributed by atoms with Crippen LogP contribution in [0.4, 0.5) is 0 Å². The third-order valence-electron chi connectivity index (χ3n) is 5.38. The van der Waals surface area contributed by atoms with E-state index in [9.17, 15) is 0 Å². The van der Waals surface area contributed by atoms with Crippen molar-refractivity contribution in [1.29, 1.82) is 0 Å². The van der Waals surface area contributed by atoms with Crippen molar-refractivity contribution in [3.8, 4) is 22.3 Å². The number of nitrogens with one attached hydrogen (secondary N) is 2. The van der Waals surface area contributed by atoms with Gasteiger partial charge >= 0.3 is 0 Å². The summed E-state index contributed by atoms with van der Waals surface area (Å²) in [4.78, 5) is 6.78. The molecule has 2 N–H and O–H groups in total. The van der Waals surface area contributed by atoms with Crippen LogP contribution in [0.2, 0.25) is 0 Å². The molecule has 3 heterocycles. The highest BCUT2D eigenvalue weighted by Crippen LogP contribution is 2.39. The van der Waals surface area contributed by atoms with Crippen LogP contribution < -0.4 is 0 Å². The molecule has 0 saturated heterocycles. The van der Waals surface area contributed by atoms with Crippen LogP contribution in [0.1, 0.15) is 12.5 Å². The molecule has 0 fully saturated rings. The van der Waals surface area contributed by atoms with Gasteiger partial charge in [-0.2, -0.15) is 0 Å². The summed E-state index contributed by atoms with van der Waals surface area (Å²) in [5.74, 6) is 0. The van der Waals surface area contributed by atoms with Crippen LogP contribution in [0, 0.1) is 0 Å². The van der Waals surface area contributed by atoms with E-state index >= 15 is 0 Å². The summed E-state index contributed by atoms with van der Waals surface area (Å²) in [6.07, 6.45) is 9.51. The van der Waals surface area contributed by atoms with Crippen molar-refractivity contribution in [2.45, 2.75) is 13.3 Å². The first kappa shape index (κ1) is 15.1. The van der Waals surface area contributed by atoms with Crippen LogP contribution in [0.5, 0.6) is 0 Å². The SMILES string of the molecule is CCc1ccc2c(-c3c[nH]cc3-c3cccc4ccn(C)c34)c[nH]c2c1. The van der Waals surface area contributed by atoms with Gasteiger partial charge in [-0.15, -0.1) is 0 Å². The van der Waals surface area contributed by atoms with Crippen LogP contribution in [0.3, 0.4) is 0 Å². The number of aryl methyl sites for hydroxylation is 2. The van der Waals surface area contributed by atoms with Crippen molar-refractivity contribution >= 4 is 21.8 Å². The van der Waals surface area contributed by atoms with Crippen LogP contribution in [0.25, 0.3) is 44.1 Å². The predicted octanol–water partition coefficient (Wildman–Crippen LogP) is 5.88. The Bertz CT molecular complexity index is 1230. The molecule has 2 aromatic carbocycles. The molecular weight excluding hydrogens is 318 g/mol. The Balaban J connectivity index is 1.74. The molecule has 0 amide bonds. The van der Waals surface area contributed by atoms with Crippen LogP contribution in [-0.4, -0.2) is 14.5 Å². The van der Waals surface area contributed by atoms with Gasteiger partial charge in [0, 0.05) is 70.4 Å². The molecule has 26 heavy (non-hydrogen) atoms. The second kappa shape index (κ2) is 5.67. The number of hydrogen-bond donors (Lipinski definition) is 2. The molecule has 3 aromatic heterocycles. The topological polar surface area (TPSA) is 36.5 Å². The molecule has 0 spiro atoms.